The van der Waals surface area contributed by atoms with Crippen LogP contribution >= 0.6 is 0 Å². The van der Waals surface area contributed by atoms with E-state index in [4.69, 9.17) is 0 Å². The van der Waals surface area contributed by atoms with Crippen molar-refractivity contribution in [1.82, 2.24) is 10.2 Å². The number of hydrogen-bond acceptors (Lipinski definition) is 3. The van der Waals surface area contributed by atoms with Gasteiger partial charge in [0.2, 0.25) is 11.8 Å². The summed E-state index contributed by atoms with van der Waals surface area (Å²) in [5.41, 5.74) is -0.902. The lowest BCUT2D eigenvalue weighted by Crippen LogP contribution is -2.48. The molecule has 2 aliphatic heterocycles. The molecule has 0 aliphatic carbocycles. The normalized spacial score (nSPS) is 28.3. The highest BCUT2D eigenvalue weighted by Gasteiger charge is 2.54. The zero-order chi connectivity index (χ0) is 12.5. The Labute approximate surface area is 101 Å². The van der Waals surface area contributed by atoms with E-state index >= 15 is 0 Å². The number of amides is 3. The number of unbranched alkanes of at least 4 members (excludes halogenated alkanes) is 2. The minimum absolute atomic E-state index is 0.124. The Balaban J connectivity index is 2.03. The van der Waals surface area contributed by atoms with E-state index in [2.05, 4.69) is 12.2 Å². The van der Waals surface area contributed by atoms with Crippen LogP contribution in [0.5, 0.6) is 0 Å². The van der Waals surface area contributed by atoms with Gasteiger partial charge in [0.05, 0.1) is 6.42 Å². The van der Waals surface area contributed by atoms with Crippen LogP contribution < -0.4 is 5.32 Å². The number of hydrogen-bond donors (Lipinski definition) is 1. The summed E-state index contributed by atoms with van der Waals surface area (Å²) in [7, 11) is 0. The fourth-order valence-electron chi connectivity index (χ4n) is 2.56. The van der Waals surface area contributed by atoms with Gasteiger partial charge < -0.3 is 5.32 Å². The van der Waals surface area contributed by atoms with Gasteiger partial charge in [0, 0.05) is 13.0 Å². The Kier molecular flexibility index (Phi) is 3.17. The molecule has 5 heteroatoms. The van der Waals surface area contributed by atoms with Gasteiger partial charge in [-0.1, -0.05) is 19.8 Å². The van der Waals surface area contributed by atoms with Gasteiger partial charge in [0.1, 0.15) is 5.54 Å². The van der Waals surface area contributed by atoms with Crippen LogP contribution in [0.2, 0.25) is 0 Å². The van der Waals surface area contributed by atoms with E-state index < -0.39 is 5.54 Å². The molecule has 2 rings (SSSR count). The molecule has 0 saturated carbocycles. The number of nitrogens with one attached hydrogen (secondary N) is 1. The maximum atomic E-state index is 12.2. The molecule has 2 saturated heterocycles. The molecule has 1 spiro atoms. The predicted octanol–water partition coefficient (Wildman–Crippen LogP) is 0.584. The first-order valence-electron chi connectivity index (χ1n) is 6.25. The second kappa shape index (κ2) is 4.47. The predicted molar refractivity (Wildman–Crippen MR) is 61.0 cm³/mol. The topological polar surface area (TPSA) is 66.5 Å². The molecule has 0 aromatic carbocycles. The van der Waals surface area contributed by atoms with Crippen LogP contribution in [0, 0.1) is 0 Å². The van der Waals surface area contributed by atoms with Crippen LogP contribution in [0.3, 0.4) is 0 Å². The molecule has 0 bridgehead atoms. The third kappa shape index (κ3) is 2.06. The largest absolute Gasteiger partial charge is 0.341 e. The Hall–Kier alpha value is -1.39. The first-order chi connectivity index (χ1) is 8.09. The molecule has 2 fully saturated rings. The molecule has 1 unspecified atom stereocenters. The van der Waals surface area contributed by atoms with Gasteiger partial charge >= 0.3 is 0 Å². The molecule has 3 amide bonds. The summed E-state index contributed by atoms with van der Waals surface area (Å²) in [6, 6.07) is 0. The van der Waals surface area contributed by atoms with Gasteiger partial charge in [-0.15, -0.1) is 0 Å². The number of carbonyl (C=O) groups is 3. The maximum absolute atomic E-state index is 12.2. The zero-order valence-corrected chi connectivity index (χ0v) is 10.1. The summed E-state index contributed by atoms with van der Waals surface area (Å²) in [6.45, 7) is 2.56. The second-order valence-corrected chi connectivity index (χ2v) is 4.86. The molecule has 2 aliphatic rings. The first kappa shape index (κ1) is 12.1. The Morgan fingerprint density at radius 2 is 2.06 bits per heavy atom. The standard InChI is InChI=1S/C12H18N2O3/c1-2-3-4-7-14-10(16)8-12(11(14)17)6-5-9(15)13-12/h2-8H2,1H3,(H,13,15). The molecule has 2 heterocycles. The van der Waals surface area contributed by atoms with Crippen LogP contribution in [0.4, 0.5) is 0 Å². The first-order valence-corrected chi connectivity index (χ1v) is 6.25. The highest BCUT2D eigenvalue weighted by molar-refractivity contribution is 6.10. The third-order valence-corrected chi connectivity index (χ3v) is 3.55. The lowest BCUT2D eigenvalue weighted by Gasteiger charge is -2.21. The number of nitrogens with zero attached hydrogens (tertiary/aromatic N) is 1. The molecular weight excluding hydrogens is 220 g/mol. The molecule has 0 aromatic rings. The van der Waals surface area contributed by atoms with Gasteiger partial charge in [0.15, 0.2) is 0 Å². The number of likely N-dealkylation sites (tertiary alicyclic amines) is 1. The molecule has 0 radical (unpaired) electrons. The van der Waals surface area contributed by atoms with E-state index in [1.54, 1.807) is 0 Å². The summed E-state index contributed by atoms with van der Waals surface area (Å²) >= 11 is 0. The fraction of sp³-hybridized carbons (Fsp3) is 0.750. The summed E-state index contributed by atoms with van der Waals surface area (Å²) in [4.78, 5) is 36.5. The van der Waals surface area contributed by atoms with Gasteiger partial charge in [-0.3, -0.25) is 19.3 Å². The highest BCUT2D eigenvalue weighted by atomic mass is 16.2. The SMILES string of the molecule is CCCCCN1C(=O)CC2(CCC(=O)N2)C1=O. The lowest BCUT2D eigenvalue weighted by atomic mass is 9.96. The minimum Gasteiger partial charge on any atom is -0.341 e. The molecule has 5 nitrogen and oxygen atoms in total. The van der Waals surface area contributed by atoms with Crippen LogP contribution in [0.25, 0.3) is 0 Å². The molecule has 94 valence electrons. The van der Waals surface area contributed by atoms with E-state index in [0.717, 1.165) is 19.3 Å². The molecule has 17 heavy (non-hydrogen) atoms. The van der Waals surface area contributed by atoms with E-state index in [-0.39, 0.29) is 24.1 Å². The van der Waals surface area contributed by atoms with Crippen molar-refractivity contribution in [1.29, 1.82) is 0 Å². The second-order valence-electron chi connectivity index (χ2n) is 4.86. The Morgan fingerprint density at radius 1 is 1.29 bits per heavy atom. The maximum Gasteiger partial charge on any atom is 0.255 e. The van der Waals surface area contributed by atoms with Gasteiger partial charge in [0.25, 0.3) is 5.91 Å². The van der Waals surface area contributed by atoms with Crippen LogP contribution in [0.1, 0.15) is 45.4 Å². The highest BCUT2D eigenvalue weighted by Crippen LogP contribution is 2.32. The summed E-state index contributed by atoms with van der Waals surface area (Å²) in [5.74, 6) is -0.473. The number of imide groups is 1. The van der Waals surface area contributed by atoms with Crippen molar-refractivity contribution >= 4 is 17.7 Å². The van der Waals surface area contributed by atoms with Crippen molar-refractivity contribution in [3.63, 3.8) is 0 Å². The summed E-state index contributed by atoms with van der Waals surface area (Å²) in [5, 5.41) is 2.68. The van der Waals surface area contributed by atoms with Crippen molar-refractivity contribution in [2.75, 3.05) is 6.54 Å². The summed E-state index contributed by atoms with van der Waals surface area (Å²) in [6.07, 6.45) is 3.86. The Bertz CT molecular complexity index is 367. The van der Waals surface area contributed by atoms with E-state index in [1.807, 2.05) is 0 Å². The fourth-order valence-corrected chi connectivity index (χ4v) is 2.56. The van der Waals surface area contributed by atoms with Gasteiger partial charge in [-0.25, -0.2) is 0 Å². The van der Waals surface area contributed by atoms with E-state index in [0.29, 0.717) is 19.4 Å². The smallest absolute Gasteiger partial charge is 0.255 e. The van der Waals surface area contributed by atoms with Crippen LogP contribution in [0.15, 0.2) is 0 Å². The van der Waals surface area contributed by atoms with Crippen molar-refractivity contribution < 1.29 is 14.4 Å². The van der Waals surface area contributed by atoms with Crippen molar-refractivity contribution in [2.45, 2.75) is 51.0 Å². The monoisotopic (exact) mass is 238 g/mol. The number of rotatable bonds is 4. The van der Waals surface area contributed by atoms with Crippen LogP contribution in [-0.2, 0) is 14.4 Å². The molecule has 0 aromatic heterocycles. The Morgan fingerprint density at radius 3 is 2.65 bits per heavy atom. The zero-order valence-electron chi connectivity index (χ0n) is 10.1. The van der Waals surface area contributed by atoms with Crippen molar-refractivity contribution in [2.24, 2.45) is 0 Å². The molecule has 1 atom stereocenters. The van der Waals surface area contributed by atoms with Gasteiger partial charge in [-0.2, -0.15) is 0 Å². The van der Waals surface area contributed by atoms with Crippen molar-refractivity contribution in [3.8, 4) is 0 Å². The average Bonchev–Trinajstić information content (AvgIpc) is 2.75. The number of carbonyl (C=O) groups excluding carboxylic acids is 3. The van der Waals surface area contributed by atoms with Crippen LogP contribution in [-0.4, -0.2) is 34.7 Å². The third-order valence-electron chi connectivity index (χ3n) is 3.55. The minimum atomic E-state index is -0.902. The van der Waals surface area contributed by atoms with Gasteiger partial charge in [-0.05, 0) is 12.8 Å². The molecule has 1 N–H and O–H groups in total. The lowest BCUT2D eigenvalue weighted by molar-refractivity contribution is -0.140. The van der Waals surface area contributed by atoms with E-state index in [9.17, 15) is 14.4 Å². The summed E-state index contributed by atoms with van der Waals surface area (Å²) < 4.78 is 0. The average molecular weight is 238 g/mol. The van der Waals surface area contributed by atoms with Crippen molar-refractivity contribution in [3.05, 3.63) is 0 Å². The molecular formula is C12H18N2O3. The quantitative estimate of drug-likeness (QED) is 0.575. The van der Waals surface area contributed by atoms with E-state index in [1.165, 1.54) is 4.90 Å².